The summed E-state index contributed by atoms with van der Waals surface area (Å²) in [4.78, 5) is 49.2. The topological polar surface area (TPSA) is 99.3 Å². The van der Waals surface area contributed by atoms with Crippen molar-refractivity contribution in [2.45, 2.75) is 5.92 Å². The van der Waals surface area contributed by atoms with Gasteiger partial charge in [0.2, 0.25) is 0 Å². The normalized spacial score (nSPS) is 14.0. The first-order chi connectivity index (χ1) is 12.4. The Morgan fingerprint density at radius 2 is 1.46 bits per heavy atom. The Bertz CT molecular complexity index is 1160. The minimum atomic E-state index is -1.38. The monoisotopic (exact) mass is 348 g/mol. The molecule has 0 radical (unpaired) electrons. The van der Waals surface area contributed by atoms with E-state index in [1.165, 1.54) is 19.2 Å². The van der Waals surface area contributed by atoms with Crippen LogP contribution in [0.15, 0.2) is 53.3 Å². The van der Waals surface area contributed by atoms with Crippen molar-refractivity contribution in [3.05, 3.63) is 85.7 Å². The van der Waals surface area contributed by atoms with Crippen LogP contribution in [0.3, 0.4) is 0 Å². The number of aryl methyl sites for hydroxylation is 1. The fourth-order valence-corrected chi connectivity index (χ4v) is 3.58. The molecule has 0 bridgehead atoms. The first kappa shape index (κ1) is 15.9. The molecular formula is C19H12N2O5. The van der Waals surface area contributed by atoms with Gasteiger partial charge in [-0.3, -0.25) is 24.5 Å². The smallest absolute Gasteiger partial charge is 0.305 e. The Labute approximate surface area is 146 Å². The number of carbonyl (C=O) groups is 2. The Morgan fingerprint density at radius 3 is 2.04 bits per heavy atom. The molecule has 7 heteroatoms. The minimum Gasteiger partial charge on any atom is -0.305 e. The number of hydrogen-bond donors (Lipinski definition) is 0. The highest BCUT2D eigenvalue weighted by Crippen LogP contribution is 2.40. The van der Waals surface area contributed by atoms with Crippen LogP contribution in [-0.2, 0) is 7.05 Å². The standard InChI is InChI=1S/C19H12N2O5/c1-20-13-9-5-4-8-12(13)14(16(19(20)24)21(25)26)15-17(22)10-6-2-3-7-11(10)18(15)23/h2-9,15H,1H3. The summed E-state index contributed by atoms with van der Waals surface area (Å²) in [7, 11) is 1.43. The van der Waals surface area contributed by atoms with Crippen molar-refractivity contribution in [3.8, 4) is 0 Å². The van der Waals surface area contributed by atoms with Crippen LogP contribution in [0.25, 0.3) is 10.9 Å². The average molecular weight is 348 g/mol. The van der Waals surface area contributed by atoms with Gasteiger partial charge in [-0.2, -0.15) is 0 Å². The number of para-hydroxylation sites is 1. The lowest BCUT2D eigenvalue weighted by Crippen LogP contribution is -2.26. The quantitative estimate of drug-likeness (QED) is 0.403. The Morgan fingerprint density at radius 1 is 0.923 bits per heavy atom. The maximum Gasteiger partial charge on any atom is 0.339 e. The highest BCUT2D eigenvalue weighted by atomic mass is 16.6. The second-order valence-electron chi connectivity index (χ2n) is 6.11. The van der Waals surface area contributed by atoms with Crippen LogP contribution in [0.4, 0.5) is 5.69 Å². The first-order valence-corrected chi connectivity index (χ1v) is 7.87. The molecule has 0 saturated heterocycles. The third-order valence-electron chi connectivity index (χ3n) is 4.77. The maximum atomic E-state index is 12.9. The molecule has 4 rings (SSSR count). The molecule has 7 nitrogen and oxygen atoms in total. The molecule has 0 fully saturated rings. The number of nitrogens with zero attached hydrogens (tertiary/aromatic N) is 2. The molecule has 1 aliphatic rings. The van der Waals surface area contributed by atoms with Crippen LogP contribution < -0.4 is 5.56 Å². The number of Topliss-reactive ketones (excluding diaryl/α,β-unsaturated/α-hetero) is 2. The minimum absolute atomic E-state index is 0.125. The van der Waals surface area contributed by atoms with Crippen molar-refractivity contribution in [3.63, 3.8) is 0 Å². The van der Waals surface area contributed by atoms with Gasteiger partial charge in [0.05, 0.1) is 16.0 Å². The second kappa shape index (κ2) is 5.45. The molecule has 1 aromatic heterocycles. The summed E-state index contributed by atoms with van der Waals surface area (Å²) in [5.41, 5.74) is -0.830. The fraction of sp³-hybridized carbons (Fsp3) is 0.105. The lowest BCUT2D eigenvalue weighted by molar-refractivity contribution is -0.387. The third kappa shape index (κ3) is 1.97. The van der Waals surface area contributed by atoms with E-state index >= 15 is 0 Å². The Hall–Kier alpha value is -3.61. The molecule has 0 atom stereocenters. The SMILES string of the molecule is Cn1c(=O)c([N+](=O)[O-])c(C2C(=O)c3ccccc3C2=O)c2ccccc21. The van der Waals surface area contributed by atoms with Crippen LogP contribution >= 0.6 is 0 Å². The molecule has 0 spiro atoms. The molecule has 1 aliphatic carbocycles. The van der Waals surface area contributed by atoms with E-state index in [2.05, 4.69) is 0 Å². The van der Waals surface area contributed by atoms with Crippen molar-refractivity contribution in [1.82, 2.24) is 4.57 Å². The Balaban J connectivity index is 2.13. The molecule has 128 valence electrons. The van der Waals surface area contributed by atoms with Crippen LogP contribution in [-0.4, -0.2) is 21.1 Å². The predicted molar refractivity (Wildman–Crippen MR) is 93.7 cm³/mol. The summed E-state index contributed by atoms with van der Waals surface area (Å²) < 4.78 is 1.16. The lowest BCUT2D eigenvalue weighted by atomic mass is 9.90. The van der Waals surface area contributed by atoms with Gasteiger partial charge < -0.3 is 4.57 Å². The number of rotatable bonds is 2. The van der Waals surface area contributed by atoms with Crippen LogP contribution in [0, 0.1) is 10.1 Å². The van der Waals surface area contributed by atoms with Crippen molar-refractivity contribution >= 4 is 28.2 Å². The summed E-state index contributed by atoms with van der Waals surface area (Å²) in [6.45, 7) is 0. The highest BCUT2D eigenvalue weighted by Gasteiger charge is 2.44. The molecular weight excluding hydrogens is 336 g/mol. The third-order valence-corrected chi connectivity index (χ3v) is 4.77. The van der Waals surface area contributed by atoms with Gasteiger partial charge in [-0.05, 0) is 6.07 Å². The van der Waals surface area contributed by atoms with Gasteiger partial charge in [-0.25, -0.2) is 0 Å². The summed E-state index contributed by atoms with van der Waals surface area (Å²) >= 11 is 0. The number of ketones is 2. The zero-order chi connectivity index (χ0) is 18.6. The van der Waals surface area contributed by atoms with E-state index in [0.717, 1.165) is 4.57 Å². The van der Waals surface area contributed by atoms with Crippen LogP contribution in [0.5, 0.6) is 0 Å². The predicted octanol–water partition coefficient (Wildman–Crippen LogP) is 2.61. The molecule has 2 aromatic carbocycles. The van der Waals surface area contributed by atoms with Crippen molar-refractivity contribution in [2.75, 3.05) is 0 Å². The van der Waals surface area contributed by atoms with Gasteiger partial charge in [-0.1, -0.05) is 42.5 Å². The fourth-order valence-electron chi connectivity index (χ4n) is 3.58. The molecule has 1 heterocycles. The van der Waals surface area contributed by atoms with Gasteiger partial charge in [0.15, 0.2) is 11.6 Å². The highest BCUT2D eigenvalue weighted by molar-refractivity contribution is 6.31. The molecule has 0 unspecified atom stereocenters. The number of aromatic nitrogens is 1. The zero-order valence-corrected chi connectivity index (χ0v) is 13.6. The largest absolute Gasteiger partial charge is 0.339 e. The van der Waals surface area contributed by atoms with Gasteiger partial charge in [0.1, 0.15) is 5.92 Å². The molecule has 0 saturated carbocycles. The number of hydrogen-bond acceptors (Lipinski definition) is 5. The summed E-state index contributed by atoms with van der Waals surface area (Å²) in [5.74, 6) is -2.43. The van der Waals surface area contributed by atoms with Crippen molar-refractivity contribution in [2.24, 2.45) is 7.05 Å². The summed E-state index contributed by atoms with van der Waals surface area (Å²) in [6.07, 6.45) is 0. The van der Waals surface area contributed by atoms with Crippen molar-refractivity contribution in [1.29, 1.82) is 0 Å². The van der Waals surface area contributed by atoms with E-state index in [0.29, 0.717) is 10.9 Å². The second-order valence-corrected chi connectivity index (χ2v) is 6.11. The number of pyridine rings is 1. The molecule has 26 heavy (non-hydrogen) atoms. The molecule has 0 aliphatic heterocycles. The maximum absolute atomic E-state index is 12.9. The molecule has 0 amide bonds. The number of benzene rings is 2. The number of fused-ring (bicyclic) bond motifs is 2. The number of carbonyl (C=O) groups excluding carboxylic acids is 2. The Kier molecular flexibility index (Phi) is 3.33. The molecule has 0 N–H and O–H groups in total. The van der Waals surface area contributed by atoms with Crippen molar-refractivity contribution < 1.29 is 14.5 Å². The van der Waals surface area contributed by atoms with E-state index in [9.17, 15) is 24.5 Å². The zero-order valence-electron chi connectivity index (χ0n) is 13.6. The first-order valence-electron chi connectivity index (χ1n) is 7.87. The van der Waals surface area contributed by atoms with E-state index < -0.39 is 33.7 Å². The summed E-state index contributed by atoms with van der Waals surface area (Å²) in [6, 6.07) is 12.8. The van der Waals surface area contributed by atoms with Gasteiger partial charge in [-0.15, -0.1) is 0 Å². The van der Waals surface area contributed by atoms with E-state index in [1.54, 1.807) is 36.4 Å². The lowest BCUT2D eigenvalue weighted by Gasteiger charge is -2.14. The molecule has 3 aromatic rings. The van der Waals surface area contributed by atoms with Crippen LogP contribution in [0.1, 0.15) is 32.2 Å². The van der Waals surface area contributed by atoms with E-state index in [4.69, 9.17) is 0 Å². The summed E-state index contributed by atoms with van der Waals surface area (Å²) in [5, 5.41) is 12.0. The van der Waals surface area contributed by atoms with E-state index in [-0.39, 0.29) is 16.7 Å². The van der Waals surface area contributed by atoms with Gasteiger partial charge >= 0.3 is 11.2 Å². The average Bonchev–Trinajstić information content (AvgIpc) is 2.89. The van der Waals surface area contributed by atoms with Gasteiger partial charge in [0.25, 0.3) is 0 Å². The van der Waals surface area contributed by atoms with Gasteiger partial charge in [0, 0.05) is 23.6 Å². The van der Waals surface area contributed by atoms with E-state index in [1.807, 2.05) is 0 Å². The number of nitro groups is 1. The van der Waals surface area contributed by atoms with Crippen LogP contribution in [0.2, 0.25) is 0 Å².